The molecule has 0 bridgehead atoms. The van der Waals surface area contributed by atoms with E-state index in [0.29, 0.717) is 54.6 Å². The lowest BCUT2D eigenvalue weighted by Gasteiger charge is -2.27. The van der Waals surface area contributed by atoms with Gasteiger partial charge in [-0.1, -0.05) is 46.6 Å². The smallest absolute Gasteiger partial charge is 0.295 e. The van der Waals surface area contributed by atoms with E-state index in [0.717, 1.165) is 45.3 Å². The van der Waals surface area contributed by atoms with Gasteiger partial charge in [0.2, 0.25) is 0 Å². The first kappa shape index (κ1) is 32.0. The molecule has 1 saturated heterocycles. The number of hydrogen-bond acceptors (Lipinski definition) is 7. The molecule has 1 heterocycles. The van der Waals surface area contributed by atoms with E-state index in [-0.39, 0.29) is 11.3 Å². The Labute approximate surface area is 244 Å². The van der Waals surface area contributed by atoms with E-state index in [1.807, 2.05) is 19.1 Å². The molecule has 0 saturated carbocycles. The fourth-order valence-electron chi connectivity index (χ4n) is 5.05. The summed E-state index contributed by atoms with van der Waals surface area (Å²) in [6.45, 7) is 12.5. The molecule has 2 aromatic rings. The summed E-state index contributed by atoms with van der Waals surface area (Å²) in [5.41, 5.74) is 1.19. The molecule has 0 aromatic heterocycles. The van der Waals surface area contributed by atoms with Crippen molar-refractivity contribution in [1.82, 2.24) is 9.80 Å². The molecular formula is C33H46N2O6. The number of aliphatic hydroxyl groups excluding tert-OH is 1. The number of aliphatic hydroxyl groups is 1. The summed E-state index contributed by atoms with van der Waals surface area (Å²) in [7, 11) is 1.57. The molecule has 41 heavy (non-hydrogen) atoms. The fraction of sp³-hybridized carbons (Fsp3) is 0.515. The molecule has 0 radical (unpaired) electrons. The Morgan fingerprint density at radius 2 is 1.61 bits per heavy atom. The average Bonchev–Trinajstić information content (AvgIpc) is 3.25. The summed E-state index contributed by atoms with van der Waals surface area (Å²) in [6.07, 6.45) is 4.70. The Kier molecular flexibility index (Phi) is 12.5. The third kappa shape index (κ3) is 8.03. The number of carbonyl (C=O) groups is 2. The second-order valence-electron chi connectivity index (χ2n) is 10.2. The first-order valence-electron chi connectivity index (χ1n) is 14.9. The van der Waals surface area contributed by atoms with Crippen LogP contribution in [0.25, 0.3) is 5.76 Å². The second kappa shape index (κ2) is 16.1. The standard InChI is InChI=1S/C33H46N2O6/c1-6-10-11-22-41-27-18-15-25(23-28(27)39-5)30-29(31(36)24-13-16-26(17-14-24)40-21-7-2)32(37)33(38)35(30)20-12-19-34(8-3)9-4/h13-18,23,30,36H,6-12,19-22H2,1-5H3/t30-/m0/s1. The highest BCUT2D eigenvalue weighted by Crippen LogP contribution is 2.42. The third-order valence-corrected chi connectivity index (χ3v) is 7.42. The van der Waals surface area contributed by atoms with Crippen molar-refractivity contribution in [3.05, 3.63) is 59.2 Å². The van der Waals surface area contributed by atoms with Gasteiger partial charge in [-0.25, -0.2) is 0 Å². The minimum absolute atomic E-state index is 0.0683. The van der Waals surface area contributed by atoms with Gasteiger partial charge in [-0.3, -0.25) is 9.59 Å². The van der Waals surface area contributed by atoms with Crippen molar-refractivity contribution in [2.24, 2.45) is 0 Å². The third-order valence-electron chi connectivity index (χ3n) is 7.42. The predicted octanol–water partition coefficient (Wildman–Crippen LogP) is 6.21. The van der Waals surface area contributed by atoms with Crippen molar-refractivity contribution in [3.8, 4) is 17.2 Å². The molecule has 1 aliphatic heterocycles. The lowest BCUT2D eigenvalue weighted by atomic mass is 9.95. The maximum Gasteiger partial charge on any atom is 0.295 e. The topological polar surface area (TPSA) is 88.5 Å². The molecule has 1 fully saturated rings. The highest BCUT2D eigenvalue weighted by Gasteiger charge is 2.46. The molecule has 1 atom stereocenters. The van der Waals surface area contributed by atoms with Crippen LogP contribution >= 0.6 is 0 Å². The number of unbranched alkanes of at least 4 members (excludes halogenated alkanes) is 2. The minimum atomic E-state index is -0.759. The lowest BCUT2D eigenvalue weighted by Crippen LogP contribution is -2.33. The Morgan fingerprint density at radius 1 is 0.878 bits per heavy atom. The average molecular weight is 567 g/mol. The van der Waals surface area contributed by atoms with Crippen molar-refractivity contribution >= 4 is 17.4 Å². The molecule has 1 amide bonds. The first-order chi connectivity index (χ1) is 19.9. The minimum Gasteiger partial charge on any atom is -0.507 e. The number of ether oxygens (including phenoxy) is 3. The maximum absolute atomic E-state index is 13.5. The molecule has 0 aliphatic carbocycles. The summed E-state index contributed by atoms with van der Waals surface area (Å²) < 4.78 is 17.3. The monoisotopic (exact) mass is 566 g/mol. The van der Waals surface area contributed by atoms with Crippen LogP contribution < -0.4 is 14.2 Å². The zero-order valence-corrected chi connectivity index (χ0v) is 25.3. The van der Waals surface area contributed by atoms with Gasteiger partial charge in [-0.05, 0) is 80.9 Å². The van der Waals surface area contributed by atoms with Crippen LogP contribution in [-0.2, 0) is 9.59 Å². The largest absolute Gasteiger partial charge is 0.507 e. The van der Waals surface area contributed by atoms with Crippen molar-refractivity contribution in [3.63, 3.8) is 0 Å². The number of rotatable bonds is 17. The zero-order valence-electron chi connectivity index (χ0n) is 25.3. The van der Waals surface area contributed by atoms with Crippen LogP contribution in [0.3, 0.4) is 0 Å². The Bertz CT molecular complexity index is 1170. The number of likely N-dealkylation sites (tertiary alicyclic amines) is 1. The number of amides is 1. The van der Waals surface area contributed by atoms with Crippen LogP contribution in [0.15, 0.2) is 48.0 Å². The molecule has 0 unspecified atom stereocenters. The molecule has 8 heteroatoms. The maximum atomic E-state index is 13.5. The summed E-state index contributed by atoms with van der Waals surface area (Å²) >= 11 is 0. The molecule has 0 spiro atoms. The number of ketones is 1. The van der Waals surface area contributed by atoms with Gasteiger partial charge in [0.1, 0.15) is 11.5 Å². The number of methoxy groups -OCH3 is 1. The van der Waals surface area contributed by atoms with Crippen LogP contribution in [0.2, 0.25) is 0 Å². The fourth-order valence-corrected chi connectivity index (χ4v) is 5.05. The van der Waals surface area contributed by atoms with E-state index < -0.39 is 17.7 Å². The van der Waals surface area contributed by atoms with E-state index in [2.05, 4.69) is 25.7 Å². The molecule has 8 nitrogen and oxygen atoms in total. The van der Waals surface area contributed by atoms with Crippen LogP contribution in [0.4, 0.5) is 0 Å². The molecule has 224 valence electrons. The van der Waals surface area contributed by atoms with E-state index >= 15 is 0 Å². The number of hydrogen-bond donors (Lipinski definition) is 1. The lowest BCUT2D eigenvalue weighted by molar-refractivity contribution is -0.140. The zero-order chi connectivity index (χ0) is 29.8. The highest BCUT2D eigenvalue weighted by molar-refractivity contribution is 6.46. The van der Waals surface area contributed by atoms with Gasteiger partial charge in [0.25, 0.3) is 11.7 Å². The quantitative estimate of drug-likeness (QED) is 0.105. The van der Waals surface area contributed by atoms with E-state index in [9.17, 15) is 14.7 Å². The van der Waals surface area contributed by atoms with Crippen LogP contribution in [0, 0.1) is 0 Å². The summed E-state index contributed by atoms with van der Waals surface area (Å²) in [4.78, 5) is 30.7. The molecule has 1 N–H and O–H groups in total. The van der Waals surface area contributed by atoms with Gasteiger partial charge >= 0.3 is 0 Å². The number of benzene rings is 2. The molecule has 1 aliphatic rings. The summed E-state index contributed by atoms with van der Waals surface area (Å²) in [5, 5.41) is 11.4. The number of Topliss-reactive ketones (excluding diaryl/α,β-unsaturated/α-hetero) is 1. The van der Waals surface area contributed by atoms with E-state index in [4.69, 9.17) is 14.2 Å². The summed E-state index contributed by atoms with van der Waals surface area (Å²) in [5.74, 6) is 0.286. The van der Waals surface area contributed by atoms with E-state index in [1.54, 1.807) is 42.3 Å². The van der Waals surface area contributed by atoms with Crippen molar-refractivity contribution in [2.75, 3.05) is 46.5 Å². The summed E-state index contributed by atoms with van der Waals surface area (Å²) in [6, 6.07) is 11.6. The Morgan fingerprint density at radius 3 is 2.24 bits per heavy atom. The second-order valence-corrected chi connectivity index (χ2v) is 10.2. The molecule has 3 rings (SSSR count). The Hall–Kier alpha value is -3.52. The van der Waals surface area contributed by atoms with Crippen molar-refractivity contribution < 1.29 is 28.9 Å². The van der Waals surface area contributed by atoms with Crippen LogP contribution in [0.1, 0.15) is 77.0 Å². The molecular weight excluding hydrogens is 520 g/mol. The van der Waals surface area contributed by atoms with Crippen molar-refractivity contribution in [2.45, 2.75) is 65.8 Å². The predicted molar refractivity (Wildman–Crippen MR) is 162 cm³/mol. The normalized spacial score (nSPS) is 16.4. The molecule has 2 aromatic carbocycles. The van der Waals surface area contributed by atoms with Gasteiger partial charge in [0.05, 0.1) is 31.9 Å². The SMILES string of the molecule is CCCCCOc1ccc([C@H]2C(=C(O)c3ccc(OCCC)cc3)C(=O)C(=O)N2CCCN(CC)CC)cc1OC. The first-order valence-corrected chi connectivity index (χ1v) is 14.9. The van der Waals surface area contributed by atoms with Crippen LogP contribution in [-0.4, -0.2) is 73.1 Å². The van der Waals surface area contributed by atoms with E-state index in [1.165, 1.54) is 0 Å². The van der Waals surface area contributed by atoms with Crippen LogP contribution in [0.5, 0.6) is 17.2 Å². The van der Waals surface area contributed by atoms with Gasteiger partial charge in [0, 0.05) is 12.1 Å². The van der Waals surface area contributed by atoms with Gasteiger partial charge in [0.15, 0.2) is 11.5 Å². The number of carbonyl (C=O) groups excluding carboxylic acids is 2. The van der Waals surface area contributed by atoms with Gasteiger partial charge < -0.3 is 29.1 Å². The van der Waals surface area contributed by atoms with Gasteiger partial charge in [-0.2, -0.15) is 0 Å². The highest BCUT2D eigenvalue weighted by atomic mass is 16.5. The number of nitrogens with zero attached hydrogens (tertiary/aromatic N) is 2. The Balaban J connectivity index is 2.01. The van der Waals surface area contributed by atoms with Crippen molar-refractivity contribution in [1.29, 1.82) is 0 Å². The van der Waals surface area contributed by atoms with Gasteiger partial charge in [-0.15, -0.1) is 0 Å².